The molecule has 0 aliphatic carbocycles. The van der Waals surface area contributed by atoms with Crippen molar-refractivity contribution in [3.05, 3.63) is 34.9 Å². The lowest BCUT2D eigenvalue weighted by Crippen LogP contribution is -2.44. The molecule has 1 N–H and O–H groups in total. The van der Waals surface area contributed by atoms with E-state index in [-0.39, 0.29) is 23.8 Å². The zero-order chi connectivity index (χ0) is 17.4. The van der Waals surface area contributed by atoms with E-state index in [0.717, 1.165) is 16.7 Å². The Hall–Kier alpha value is -0.780. The molecule has 0 aliphatic heterocycles. The second-order valence-electron chi connectivity index (χ2n) is 6.32. The molecule has 0 aromatic heterocycles. The summed E-state index contributed by atoms with van der Waals surface area (Å²) in [6.45, 7) is 8.39. The first-order valence-electron chi connectivity index (χ1n) is 8.01. The molecule has 0 fully saturated rings. The molecule has 1 rings (SSSR count). The van der Waals surface area contributed by atoms with Gasteiger partial charge >= 0.3 is 0 Å². The van der Waals surface area contributed by atoms with Crippen molar-refractivity contribution < 1.29 is 4.79 Å². The largest absolute Gasteiger partial charge is 0.304 e. The highest BCUT2D eigenvalue weighted by molar-refractivity contribution is 7.79. The molecule has 0 spiro atoms. The first-order valence-corrected chi connectivity index (χ1v) is 9.28. The summed E-state index contributed by atoms with van der Waals surface area (Å²) in [6.07, 6.45) is 1.84. The smallest absolute Gasteiger partial charge is 0.154 e. The number of Topliss-reactive ketones (excluding diaryl/α,β-unsaturated/α-hetero) is 1. The van der Waals surface area contributed by atoms with Crippen molar-refractivity contribution in [1.82, 2.24) is 5.32 Å². The highest BCUT2D eigenvalue weighted by atomic mass is 32.1. The number of nitrogens with one attached hydrogen (secondary N) is 1. The molecule has 1 aromatic rings. The summed E-state index contributed by atoms with van der Waals surface area (Å²) >= 11 is 8.66. The Morgan fingerprint density at radius 1 is 1.13 bits per heavy atom. The minimum absolute atomic E-state index is 0.00439. The van der Waals surface area contributed by atoms with Crippen LogP contribution in [0.25, 0.3) is 0 Å². The summed E-state index contributed by atoms with van der Waals surface area (Å²) in [5.74, 6) is 1.58. The van der Waals surface area contributed by atoms with E-state index in [9.17, 15) is 4.79 Å². The van der Waals surface area contributed by atoms with E-state index in [1.807, 2.05) is 33.9 Å². The number of carbonyl (C=O) groups excluding carboxylic acids is 1. The third-order valence-electron chi connectivity index (χ3n) is 3.42. The van der Waals surface area contributed by atoms with Crippen LogP contribution in [0, 0.1) is 5.92 Å². The first-order chi connectivity index (χ1) is 10.9. The third-order valence-corrected chi connectivity index (χ3v) is 4.15. The number of rotatable bonds is 9. The molecule has 1 unspecified atom stereocenters. The van der Waals surface area contributed by atoms with Crippen molar-refractivity contribution in [3.63, 3.8) is 0 Å². The van der Waals surface area contributed by atoms with Crippen LogP contribution >= 0.6 is 25.3 Å². The molecule has 23 heavy (non-hydrogen) atoms. The summed E-state index contributed by atoms with van der Waals surface area (Å²) in [7, 11) is 0. The van der Waals surface area contributed by atoms with Gasteiger partial charge in [-0.2, -0.15) is 25.3 Å². The van der Waals surface area contributed by atoms with E-state index in [1.165, 1.54) is 0 Å². The minimum Gasteiger partial charge on any atom is -0.304 e. The van der Waals surface area contributed by atoms with Gasteiger partial charge in [0, 0.05) is 29.7 Å². The van der Waals surface area contributed by atoms with Crippen LogP contribution in [0.4, 0.5) is 0 Å². The van der Waals surface area contributed by atoms with Crippen LogP contribution in [-0.2, 0) is 16.3 Å². The van der Waals surface area contributed by atoms with Crippen molar-refractivity contribution >= 4 is 37.3 Å². The van der Waals surface area contributed by atoms with Gasteiger partial charge in [0.1, 0.15) is 0 Å². The lowest BCUT2D eigenvalue weighted by Gasteiger charge is -2.20. The molecule has 0 aliphatic rings. The summed E-state index contributed by atoms with van der Waals surface area (Å²) in [6, 6.07) is 6.25. The maximum absolute atomic E-state index is 12.3. The van der Waals surface area contributed by atoms with E-state index < -0.39 is 0 Å². The van der Waals surface area contributed by atoms with Crippen LogP contribution < -0.4 is 5.32 Å². The average molecular weight is 353 g/mol. The number of nitrogens with zero attached hydrogens (tertiary/aromatic N) is 1. The molecular weight excluding hydrogens is 324 g/mol. The highest BCUT2D eigenvalue weighted by Gasteiger charge is 2.20. The van der Waals surface area contributed by atoms with Gasteiger partial charge < -0.3 is 5.32 Å². The molecule has 3 nitrogen and oxygen atoms in total. The normalized spacial score (nSPS) is 13.2. The van der Waals surface area contributed by atoms with Crippen LogP contribution in [-0.4, -0.2) is 30.6 Å². The van der Waals surface area contributed by atoms with Gasteiger partial charge in [-0.05, 0) is 28.8 Å². The summed E-state index contributed by atoms with van der Waals surface area (Å²) in [4.78, 5) is 16.8. The lowest BCUT2D eigenvalue weighted by molar-refractivity contribution is -0.123. The third kappa shape index (κ3) is 7.10. The fourth-order valence-electron chi connectivity index (χ4n) is 2.34. The number of carbonyl (C=O) groups is 1. The van der Waals surface area contributed by atoms with Crippen molar-refractivity contribution in [1.29, 1.82) is 0 Å². The number of hydrogen-bond acceptors (Lipinski definition) is 5. The molecule has 128 valence electrons. The summed E-state index contributed by atoms with van der Waals surface area (Å²) < 4.78 is 0. The molecule has 1 aromatic carbocycles. The van der Waals surface area contributed by atoms with E-state index in [4.69, 9.17) is 0 Å². The fourth-order valence-corrected chi connectivity index (χ4v) is 2.71. The van der Waals surface area contributed by atoms with Gasteiger partial charge in [0.05, 0.1) is 12.6 Å². The molecule has 0 amide bonds. The molecule has 0 radical (unpaired) electrons. The molecule has 5 heteroatoms. The Morgan fingerprint density at radius 3 is 2.13 bits per heavy atom. The van der Waals surface area contributed by atoms with Crippen LogP contribution in [0.3, 0.4) is 0 Å². The molecule has 0 saturated heterocycles. The van der Waals surface area contributed by atoms with Crippen molar-refractivity contribution in [3.8, 4) is 0 Å². The predicted molar refractivity (Wildman–Crippen MR) is 106 cm³/mol. The molecule has 1 atom stereocenters. The molecule has 0 bridgehead atoms. The molecular formula is C18H28N2OS2. The van der Waals surface area contributed by atoms with E-state index in [1.54, 1.807) is 0 Å². The van der Waals surface area contributed by atoms with Crippen LogP contribution in [0.5, 0.6) is 0 Å². The van der Waals surface area contributed by atoms with E-state index in [2.05, 4.69) is 53.8 Å². The standard InChI is InChI=1S/C18H28N2OS2/c1-12(2)18(21)17(20-13(3)4)9-19-8-14-5-15(10-22)7-16(6-14)11-23/h5-8,12-13,17,20,22-23H,9-11H2,1-4H3. The van der Waals surface area contributed by atoms with Gasteiger partial charge in [0.25, 0.3) is 0 Å². The quantitative estimate of drug-likeness (QED) is 0.470. The number of hydrogen-bond donors (Lipinski definition) is 3. The second kappa shape index (κ2) is 10.2. The average Bonchev–Trinajstić information content (AvgIpc) is 2.52. The zero-order valence-corrected chi connectivity index (χ0v) is 16.2. The Balaban J connectivity index is 2.83. The summed E-state index contributed by atoms with van der Waals surface area (Å²) in [5, 5.41) is 3.30. The summed E-state index contributed by atoms with van der Waals surface area (Å²) in [5.41, 5.74) is 3.33. The highest BCUT2D eigenvalue weighted by Crippen LogP contribution is 2.13. The van der Waals surface area contributed by atoms with Gasteiger partial charge in [-0.15, -0.1) is 0 Å². The fraction of sp³-hybridized carbons (Fsp3) is 0.556. The number of aliphatic imine (C=N–C) groups is 1. The van der Waals surface area contributed by atoms with Crippen molar-refractivity contribution in [2.24, 2.45) is 10.9 Å². The van der Waals surface area contributed by atoms with Crippen molar-refractivity contribution in [2.45, 2.75) is 51.3 Å². The van der Waals surface area contributed by atoms with Crippen LogP contribution in [0.15, 0.2) is 23.2 Å². The first kappa shape index (κ1) is 20.3. The van der Waals surface area contributed by atoms with Crippen LogP contribution in [0.1, 0.15) is 44.4 Å². The van der Waals surface area contributed by atoms with Gasteiger partial charge in [-0.3, -0.25) is 9.79 Å². The van der Waals surface area contributed by atoms with Gasteiger partial charge in [-0.25, -0.2) is 0 Å². The van der Waals surface area contributed by atoms with Gasteiger partial charge in [0.15, 0.2) is 5.78 Å². The Bertz CT molecular complexity index is 520. The number of ketones is 1. The van der Waals surface area contributed by atoms with Gasteiger partial charge in [-0.1, -0.05) is 33.8 Å². The topological polar surface area (TPSA) is 41.5 Å². The predicted octanol–water partition coefficient (Wildman–Crippen LogP) is 3.56. The SMILES string of the molecule is CC(C)NC(CN=Cc1cc(CS)cc(CS)c1)C(=O)C(C)C. The van der Waals surface area contributed by atoms with E-state index >= 15 is 0 Å². The lowest BCUT2D eigenvalue weighted by atomic mass is 10.0. The zero-order valence-electron chi connectivity index (χ0n) is 14.4. The Labute approximate surface area is 151 Å². The maximum atomic E-state index is 12.3. The molecule has 0 saturated carbocycles. The number of benzene rings is 1. The maximum Gasteiger partial charge on any atom is 0.154 e. The van der Waals surface area contributed by atoms with Gasteiger partial charge in [0.2, 0.25) is 0 Å². The Morgan fingerprint density at radius 2 is 1.70 bits per heavy atom. The second-order valence-corrected chi connectivity index (χ2v) is 6.96. The minimum atomic E-state index is -0.233. The number of thiol groups is 2. The molecule has 0 heterocycles. The van der Waals surface area contributed by atoms with Crippen molar-refractivity contribution in [2.75, 3.05) is 6.54 Å². The Kier molecular flexibility index (Phi) is 8.95. The van der Waals surface area contributed by atoms with Crippen LogP contribution in [0.2, 0.25) is 0 Å². The van der Waals surface area contributed by atoms with E-state index in [0.29, 0.717) is 18.1 Å². The monoisotopic (exact) mass is 352 g/mol.